The van der Waals surface area contributed by atoms with E-state index in [1.165, 1.54) is 7.11 Å². The van der Waals surface area contributed by atoms with Crippen molar-refractivity contribution in [1.82, 2.24) is 0 Å². The molecule has 3 rings (SSSR count). The molecule has 1 saturated heterocycles. The van der Waals surface area contributed by atoms with Crippen LogP contribution in [0.5, 0.6) is 11.5 Å². The lowest BCUT2D eigenvalue weighted by Gasteiger charge is -2.40. The zero-order chi connectivity index (χ0) is 21.8. The molecule has 0 spiro atoms. The van der Waals surface area contributed by atoms with Crippen molar-refractivity contribution in [2.24, 2.45) is 0 Å². The maximum absolute atomic E-state index is 10.5. The second-order valence-corrected chi connectivity index (χ2v) is 7.58. The predicted molar refractivity (Wildman–Crippen MR) is 111 cm³/mol. The average Bonchev–Trinajstić information content (AvgIpc) is 2.75. The lowest BCUT2D eigenvalue weighted by atomic mass is 9.90. The zero-order valence-corrected chi connectivity index (χ0v) is 17.6. The second-order valence-electron chi connectivity index (χ2n) is 7.20. The third-order valence-corrected chi connectivity index (χ3v) is 5.64. The van der Waals surface area contributed by atoms with Crippen molar-refractivity contribution < 1.29 is 34.6 Å². The zero-order valence-electron chi connectivity index (χ0n) is 16.9. The number of methoxy groups -OCH3 is 1. The minimum absolute atomic E-state index is 0.395. The second kappa shape index (κ2) is 9.96. The van der Waals surface area contributed by atoms with E-state index in [2.05, 4.69) is 0 Å². The maximum Gasteiger partial charge on any atom is 0.138 e. The van der Waals surface area contributed by atoms with E-state index >= 15 is 0 Å². The Morgan fingerprint density at radius 2 is 1.73 bits per heavy atom. The quantitative estimate of drug-likeness (QED) is 0.522. The fourth-order valence-corrected chi connectivity index (χ4v) is 3.84. The van der Waals surface area contributed by atoms with E-state index in [9.17, 15) is 20.4 Å². The molecule has 1 aliphatic heterocycles. The van der Waals surface area contributed by atoms with Gasteiger partial charge in [0.15, 0.2) is 0 Å². The largest absolute Gasteiger partial charge is 0.495 e. The molecule has 8 heteroatoms. The summed E-state index contributed by atoms with van der Waals surface area (Å²) in [5.74, 6) is 1.17. The highest BCUT2D eigenvalue weighted by Gasteiger charge is 2.44. The lowest BCUT2D eigenvalue weighted by Crippen LogP contribution is -2.55. The van der Waals surface area contributed by atoms with Crippen LogP contribution in [0.4, 0.5) is 0 Å². The minimum atomic E-state index is -1.46. The Balaban J connectivity index is 1.93. The summed E-state index contributed by atoms with van der Waals surface area (Å²) in [5, 5.41) is 40.5. The van der Waals surface area contributed by atoms with Crippen LogP contribution in [0.2, 0.25) is 5.02 Å². The minimum Gasteiger partial charge on any atom is -0.495 e. The molecule has 5 unspecified atom stereocenters. The van der Waals surface area contributed by atoms with Crippen molar-refractivity contribution in [2.45, 2.75) is 43.9 Å². The first kappa shape index (κ1) is 22.8. The molecule has 1 heterocycles. The molecule has 0 aliphatic carbocycles. The molecule has 7 nitrogen and oxygen atoms in total. The SMILES string of the molecule is CCOc1ccc(Cc2cc(C3OC(CO)C(O)C(O)C3O)cc(OC)c2Cl)cc1. The summed E-state index contributed by atoms with van der Waals surface area (Å²) in [6, 6.07) is 11.0. The fourth-order valence-electron chi connectivity index (χ4n) is 3.59. The van der Waals surface area contributed by atoms with Gasteiger partial charge in [-0.3, -0.25) is 0 Å². The number of benzene rings is 2. The number of hydrogen-bond acceptors (Lipinski definition) is 7. The first-order chi connectivity index (χ1) is 14.4. The molecule has 164 valence electrons. The van der Waals surface area contributed by atoms with Gasteiger partial charge in [0.2, 0.25) is 0 Å². The van der Waals surface area contributed by atoms with E-state index in [4.69, 9.17) is 25.8 Å². The van der Waals surface area contributed by atoms with Crippen molar-refractivity contribution in [3.05, 3.63) is 58.1 Å². The Morgan fingerprint density at radius 1 is 1.03 bits per heavy atom. The Labute approximate surface area is 180 Å². The first-order valence-electron chi connectivity index (χ1n) is 9.78. The van der Waals surface area contributed by atoms with Crippen molar-refractivity contribution in [1.29, 1.82) is 0 Å². The molecule has 0 aromatic heterocycles. The topological polar surface area (TPSA) is 109 Å². The number of rotatable bonds is 7. The summed E-state index contributed by atoms with van der Waals surface area (Å²) in [6.07, 6.45) is -5.73. The van der Waals surface area contributed by atoms with Crippen LogP contribution in [0.15, 0.2) is 36.4 Å². The predicted octanol–water partition coefficient (Wildman–Crippen LogP) is 1.85. The van der Waals surface area contributed by atoms with Crippen molar-refractivity contribution >= 4 is 11.6 Å². The Morgan fingerprint density at radius 3 is 2.33 bits per heavy atom. The van der Waals surface area contributed by atoms with Crippen molar-refractivity contribution in [2.75, 3.05) is 20.3 Å². The molecular weight excluding hydrogens is 412 g/mol. The highest BCUT2D eigenvalue weighted by Crippen LogP contribution is 2.38. The molecule has 2 aromatic carbocycles. The van der Waals surface area contributed by atoms with Crippen LogP contribution in [0.25, 0.3) is 0 Å². The summed E-state index contributed by atoms with van der Waals surface area (Å²) >= 11 is 6.51. The average molecular weight is 439 g/mol. The molecule has 4 N–H and O–H groups in total. The van der Waals surface area contributed by atoms with E-state index in [1.54, 1.807) is 12.1 Å². The van der Waals surface area contributed by atoms with E-state index in [-0.39, 0.29) is 0 Å². The summed E-state index contributed by atoms with van der Waals surface area (Å²) in [7, 11) is 1.49. The molecule has 0 saturated carbocycles. The highest BCUT2D eigenvalue weighted by molar-refractivity contribution is 6.32. The Hall–Kier alpha value is -1.87. The number of halogens is 1. The van der Waals surface area contributed by atoms with Gasteiger partial charge in [-0.2, -0.15) is 0 Å². The lowest BCUT2D eigenvalue weighted by molar-refractivity contribution is -0.231. The van der Waals surface area contributed by atoms with Gasteiger partial charge in [0.25, 0.3) is 0 Å². The van der Waals surface area contributed by atoms with Gasteiger partial charge < -0.3 is 34.6 Å². The van der Waals surface area contributed by atoms with Gasteiger partial charge in [-0.25, -0.2) is 0 Å². The molecular formula is C22H27ClO7. The molecule has 1 aliphatic rings. The Kier molecular flexibility index (Phi) is 7.57. The van der Waals surface area contributed by atoms with Gasteiger partial charge in [-0.15, -0.1) is 0 Å². The van der Waals surface area contributed by atoms with E-state index in [0.29, 0.717) is 29.4 Å². The normalized spacial score (nSPS) is 26.4. The monoisotopic (exact) mass is 438 g/mol. The molecule has 0 amide bonds. The van der Waals surface area contributed by atoms with Crippen LogP contribution in [-0.2, 0) is 11.2 Å². The summed E-state index contributed by atoms with van der Waals surface area (Å²) in [6.45, 7) is 2.01. The van der Waals surface area contributed by atoms with Crippen molar-refractivity contribution in [3.8, 4) is 11.5 Å². The number of aliphatic hydroxyl groups is 4. The highest BCUT2D eigenvalue weighted by atomic mass is 35.5. The van der Waals surface area contributed by atoms with Crippen molar-refractivity contribution in [3.63, 3.8) is 0 Å². The van der Waals surface area contributed by atoms with Gasteiger partial charge >= 0.3 is 0 Å². The van der Waals surface area contributed by atoms with Crippen LogP contribution >= 0.6 is 11.6 Å². The number of hydrogen-bond donors (Lipinski definition) is 4. The van der Waals surface area contributed by atoms with Crippen LogP contribution in [0, 0.1) is 0 Å². The van der Waals surface area contributed by atoms with Gasteiger partial charge in [0.05, 0.1) is 25.3 Å². The number of ether oxygens (including phenoxy) is 3. The standard InChI is InChI=1S/C22H27ClO7/c1-3-29-15-6-4-12(5-7-15)8-13-9-14(10-16(28-2)18(13)23)22-21(27)20(26)19(25)17(11-24)30-22/h4-7,9-10,17,19-22,24-27H,3,8,11H2,1-2H3. The Bertz CT molecular complexity index is 840. The molecule has 30 heavy (non-hydrogen) atoms. The van der Waals surface area contributed by atoms with E-state index in [0.717, 1.165) is 16.9 Å². The fraction of sp³-hybridized carbons (Fsp3) is 0.455. The van der Waals surface area contributed by atoms with E-state index in [1.807, 2.05) is 31.2 Å². The van der Waals surface area contributed by atoms with Crippen LogP contribution in [-0.4, -0.2) is 65.2 Å². The van der Waals surface area contributed by atoms with E-state index < -0.39 is 37.1 Å². The molecule has 0 bridgehead atoms. The smallest absolute Gasteiger partial charge is 0.138 e. The van der Waals surface area contributed by atoms with Crippen LogP contribution < -0.4 is 9.47 Å². The third kappa shape index (κ3) is 4.72. The van der Waals surface area contributed by atoms with Gasteiger partial charge in [0, 0.05) is 0 Å². The maximum atomic E-state index is 10.5. The number of aliphatic hydroxyl groups excluding tert-OH is 4. The van der Waals surface area contributed by atoms with Crippen LogP contribution in [0.3, 0.4) is 0 Å². The first-order valence-corrected chi connectivity index (χ1v) is 10.2. The van der Waals surface area contributed by atoms with Gasteiger partial charge in [-0.1, -0.05) is 29.8 Å². The molecule has 2 aromatic rings. The summed E-state index contributed by atoms with van der Waals surface area (Å²) < 4.78 is 16.5. The molecule has 0 radical (unpaired) electrons. The molecule has 5 atom stereocenters. The van der Waals surface area contributed by atoms with Gasteiger partial charge in [-0.05, 0) is 48.2 Å². The molecule has 1 fully saturated rings. The third-order valence-electron chi connectivity index (χ3n) is 5.21. The van der Waals surface area contributed by atoms with Gasteiger partial charge in [0.1, 0.15) is 42.0 Å². The van der Waals surface area contributed by atoms with Crippen LogP contribution in [0.1, 0.15) is 29.7 Å². The summed E-state index contributed by atoms with van der Waals surface area (Å²) in [5.41, 5.74) is 2.26. The summed E-state index contributed by atoms with van der Waals surface area (Å²) in [4.78, 5) is 0.